The monoisotopic (exact) mass is 292 g/mol. The lowest BCUT2D eigenvalue weighted by molar-refractivity contribution is -0.144. The maximum absolute atomic E-state index is 12.0. The van der Waals surface area contributed by atoms with Crippen LogP contribution in [0.1, 0.15) is 30.0 Å². The first-order valence-electron chi connectivity index (χ1n) is 6.53. The molecule has 0 spiro atoms. The third-order valence-electron chi connectivity index (χ3n) is 2.98. The van der Waals surface area contributed by atoms with Crippen molar-refractivity contribution in [1.82, 2.24) is 0 Å². The summed E-state index contributed by atoms with van der Waals surface area (Å²) in [6.45, 7) is 5.09. The number of aryl methyl sites for hydroxylation is 1. The minimum atomic E-state index is -1.07. The second-order valence-corrected chi connectivity index (χ2v) is 4.51. The summed E-state index contributed by atoms with van der Waals surface area (Å²) in [6.07, 6.45) is -0.985. The number of carboxylic acid groups (broad SMARTS) is 1. The van der Waals surface area contributed by atoms with Gasteiger partial charge in [-0.2, -0.15) is 0 Å². The van der Waals surface area contributed by atoms with Crippen LogP contribution in [-0.4, -0.2) is 29.8 Å². The van der Waals surface area contributed by atoms with Gasteiger partial charge in [-0.15, -0.1) is 0 Å². The van der Waals surface area contributed by atoms with Crippen molar-refractivity contribution >= 4 is 22.9 Å². The van der Waals surface area contributed by atoms with Gasteiger partial charge in [-0.05, 0) is 39.0 Å². The van der Waals surface area contributed by atoms with Crippen molar-refractivity contribution in [1.29, 1.82) is 0 Å². The highest BCUT2D eigenvalue weighted by molar-refractivity contribution is 6.04. The zero-order chi connectivity index (χ0) is 15.6. The first-order chi connectivity index (χ1) is 9.93. The number of carboxylic acids is 1. The predicted molar refractivity (Wildman–Crippen MR) is 74.6 cm³/mol. The van der Waals surface area contributed by atoms with Crippen molar-refractivity contribution in [3.8, 4) is 5.75 Å². The molecule has 1 N–H and O–H groups in total. The fourth-order valence-corrected chi connectivity index (χ4v) is 1.98. The molecule has 0 unspecified atom stereocenters. The molecule has 1 atom stereocenters. The van der Waals surface area contributed by atoms with Gasteiger partial charge in [-0.25, -0.2) is 9.59 Å². The zero-order valence-corrected chi connectivity index (χ0v) is 12.0. The molecule has 0 saturated heterocycles. The van der Waals surface area contributed by atoms with E-state index in [4.69, 9.17) is 19.0 Å². The molecular weight excluding hydrogens is 276 g/mol. The summed E-state index contributed by atoms with van der Waals surface area (Å²) in [5, 5.41) is 9.40. The Morgan fingerprint density at radius 2 is 2.10 bits per heavy atom. The highest BCUT2D eigenvalue weighted by Gasteiger charge is 2.20. The second-order valence-electron chi connectivity index (χ2n) is 4.51. The van der Waals surface area contributed by atoms with Crippen LogP contribution in [0, 0.1) is 6.92 Å². The maximum atomic E-state index is 12.0. The quantitative estimate of drug-likeness (QED) is 0.853. The van der Waals surface area contributed by atoms with E-state index in [1.165, 1.54) is 6.92 Å². The number of hydrogen-bond donors (Lipinski definition) is 1. The Balaban J connectivity index is 2.43. The molecule has 1 heterocycles. The standard InChI is InChI=1S/C15H16O6/c1-4-19-15(18)13-8(2)21-12-6-5-10(7-11(12)13)20-9(3)14(16)17/h5-7,9H,4H2,1-3H3,(H,16,17)/t9-/m0/s1. The highest BCUT2D eigenvalue weighted by atomic mass is 16.5. The largest absolute Gasteiger partial charge is 0.479 e. The van der Waals surface area contributed by atoms with Crippen molar-refractivity contribution in [3.63, 3.8) is 0 Å². The molecule has 6 heteroatoms. The number of esters is 1. The Morgan fingerprint density at radius 3 is 2.71 bits per heavy atom. The van der Waals surface area contributed by atoms with Crippen LogP contribution >= 0.6 is 0 Å². The Labute approximate surface area is 121 Å². The predicted octanol–water partition coefficient (Wildman–Crippen LogP) is 2.77. The summed E-state index contributed by atoms with van der Waals surface area (Å²) in [4.78, 5) is 22.8. The number of aliphatic carboxylic acids is 1. The molecule has 2 aromatic rings. The van der Waals surface area contributed by atoms with Gasteiger partial charge < -0.3 is 19.0 Å². The van der Waals surface area contributed by atoms with Gasteiger partial charge in [0.2, 0.25) is 0 Å². The van der Waals surface area contributed by atoms with Crippen LogP contribution in [0.4, 0.5) is 0 Å². The van der Waals surface area contributed by atoms with Crippen molar-refractivity contribution in [2.24, 2.45) is 0 Å². The molecule has 0 aliphatic carbocycles. The smallest absolute Gasteiger partial charge is 0.344 e. The topological polar surface area (TPSA) is 86.0 Å². The fourth-order valence-electron chi connectivity index (χ4n) is 1.98. The van der Waals surface area contributed by atoms with Crippen LogP contribution in [0.3, 0.4) is 0 Å². The molecule has 1 aromatic heterocycles. The SMILES string of the molecule is CCOC(=O)c1c(C)oc2ccc(O[C@@H](C)C(=O)O)cc12. The van der Waals surface area contributed by atoms with E-state index < -0.39 is 18.0 Å². The van der Waals surface area contributed by atoms with Gasteiger partial charge in [-0.3, -0.25) is 0 Å². The van der Waals surface area contributed by atoms with Gasteiger partial charge in [0.05, 0.1) is 6.61 Å². The Morgan fingerprint density at radius 1 is 1.38 bits per heavy atom. The summed E-state index contributed by atoms with van der Waals surface area (Å²) in [7, 11) is 0. The molecule has 0 radical (unpaired) electrons. The molecule has 21 heavy (non-hydrogen) atoms. The van der Waals surface area contributed by atoms with Crippen LogP contribution in [0.25, 0.3) is 11.0 Å². The summed E-state index contributed by atoms with van der Waals surface area (Å²) < 4.78 is 15.8. The molecule has 0 amide bonds. The number of ether oxygens (including phenoxy) is 2. The molecule has 0 bridgehead atoms. The molecule has 0 aliphatic rings. The number of carbonyl (C=O) groups excluding carboxylic acids is 1. The van der Waals surface area contributed by atoms with Crippen LogP contribution in [0.2, 0.25) is 0 Å². The van der Waals surface area contributed by atoms with E-state index >= 15 is 0 Å². The Hall–Kier alpha value is -2.50. The summed E-state index contributed by atoms with van der Waals surface area (Å²) >= 11 is 0. The maximum Gasteiger partial charge on any atom is 0.344 e. The van der Waals surface area contributed by atoms with E-state index in [2.05, 4.69) is 0 Å². The third kappa shape index (κ3) is 2.99. The molecule has 2 rings (SSSR count). The molecule has 6 nitrogen and oxygen atoms in total. The Kier molecular flexibility index (Phi) is 4.16. The third-order valence-corrected chi connectivity index (χ3v) is 2.98. The average Bonchev–Trinajstić information content (AvgIpc) is 2.74. The van der Waals surface area contributed by atoms with Gasteiger partial charge >= 0.3 is 11.9 Å². The van der Waals surface area contributed by atoms with Gasteiger partial charge in [0, 0.05) is 5.39 Å². The van der Waals surface area contributed by atoms with Crippen LogP contribution < -0.4 is 4.74 Å². The number of hydrogen-bond acceptors (Lipinski definition) is 5. The number of fused-ring (bicyclic) bond motifs is 1. The van der Waals surface area contributed by atoms with Crippen molar-refractivity contribution in [2.45, 2.75) is 26.9 Å². The summed E-state index contributed by atoms with van der Waals surface area (Å²) in [5.41, 5.74) is 0.853. The van der Waals surface area contributed by atoms with Gasteiger partial charge in [0.1, 0.15) is 22.7 Å². The van der Waals surface area contributed by atoms with Gasteiger partial charge in [0.15, 0.2) is 6.10 Å². The number of benzene rings is 1. The van der Waals surface area contributed by atoms with Gasteiger partial charge in [-0.1, -0.05) is 0 Å². The van der Waals surface area contributed by atoms with Crippen LogP contribution in [0.5, 0.6) is 5.75 Å². The van der Waals surface area contributed by atoms with E-state index in [-0.39, 0.29) is 6.61 Å². The number of carbonyl (C=O) groups is 2. The Bertz CT molecular complexity index is 685. The lowest BCUT2D eigenvalue weighted by atomic mass is 10.1. The minimum absolute atomic E-state index is 0.261. The number of rotatable bonds is 5. The second kappa shape index (κ2) is 5.87. The van der Waals surface area contributed by atoms with Crippen molar-refractivity contribution < 1.29 is 28.6 Å². The van der Waals surface area contributed by atoms with E-state index in [9.17, 15) is 9.59 Å². The van der Waals surface area contributed by atoms with Crippen molar-refractivity contribution in [3.05, 3.63) is 29.5 Å². The van der Waals surface area contributed by atoms with Crippen LogP contribution in [-0.2, 0) is 9.53 Å². The molecule has 0 saturated carbocycles. The van der Waals surface area contributed by atoms with E-state index in [0.717, 1.165) is 0 Å². The van der Waals surface area contributed by atoms with Crippen LogP contribution in [0.15, 0.2) is 22.6 Å². The number of furan rings is 1. The average molecular weight is 292 g/mol. The van der Waals surface area contributed by atoms with Crippen molar-refractivity contribution in [2.75, 3.05) is 6.61 Å². The first kappa shape index (κ1) is 14.9. The summed E-state index contributed by atoms with van der Waals surface area (Å²) in [5.74, 6) is -0.739. The first-order valence-corrected chi connectivity index (χ1v) is 6.53. The molecular formula is C15H16O6. The summed E-state index contributed by atoms with van der Waals surface area (Å²) in [6, 6.07) is 4.81. The van der Waals surface area contributed by atoms with E-state index in [0.29, 0.717) is 28.0 Å². The molecule has 1 aromatic carbocycles. The molecule has 0 fully saturated rings. The lowest BCUT2D eigenvalue weighted by Gasteiger charge is -2.10. The fraction of sp³-hybridized carbons (Fsp3) is 0.333. The zero-order valence-electron chi connectivity index (χ0n) is 12.0. The van der Waals surface area contributed by atoms with E-state index in [1.54, 1.807) is 32.0 Å². The molecule has 0 aliphatic heterocycles. The lowest BCUT2D eigenvalue weighted by Crippen LogP contribution is -2.22. The highest BCUT2D eigenvalue weighted by Crippen LogP contribution is 2.30. The van der Waals surface area contributed by atoms with Gasteiger partial charge in [0.25, 0.3) is 0 Å². The molecule has 112 valence electrons. The normalized spacial score (nSPS) is 12.1. The minimum Gasteiger partial charge on any atom is -0.479 e. The van der Waals surface area contributed by atoms with E-state index in [1.807, 2.05) is 0 Å².